The quantitative estimate of drug-likeness (QED) is 0.525. The summed E-state index contributed by atoms with van der Waals surface area (Å²) in [5, 5.41) is 10.9. The third kappa shape index (κ3) is 4.26. The predicted octanol–water partition coefficient (Wildman–Crippen LogP) is -1.73. The summed E-state index contributed by atoms with van der Waals surface area (Å²) in [5.41, 5.74) is 0. The van der Waals surface area contributed by atoms with Gasteiger partial charge >= 0.3 is 5.97 Å². The lowest BCUT2D eigenvalue weighted by molar-refractivity contribution is -0.134. The molecule has 1 aliphatic rings. The molecule has 0 saturated carbocycles. The van der Waals surface area contributed by atoms with Gasteiger partial charge in [-0.2, -0.15) is 0 Å². The fourth-order valence-corrected chi connectivity index (χ4v) is 2.15. The van der Waals surface area contributed by atoms with Crippen molar-refractivity contribution in [3.63, 3.8) is 0 Å². The molecule has 1 aliphatic heterocycles. The number of nitrogens with one attached hydrogen (secondary N) is 2. The molecule has 8 heteroatoms. The standard InChI is InChI=1S/C7H12N2O5S/c10-6-2-1-5(9-6)3-8-15(13,14)4-7(11)12/h5,8H,1-4H2,(H,9,10)(H,11,12). The molecule has 0 aromatic carbocycles. The molecular formula is C7H12N2O5S. The van der Waals surface area contributed by atoms with Crippen molar-refractivity contribution in [3.05, 3.63) is 0 Å². The van der Waals surface area contributed by atoms with E-state index in [4.69, 9.17) is 5.11 Å². The van der Waals surface area contributed by atoms with Crippen LogP contribution in [0.25, 0.3) is 0 Å². The number of carbonyl (C=O) groups is 2. The Morgan fingerprint density at radius 2 is 2.27 bits per heavy atom. The van der Waals surface area contributed by atoms with E-state index >= 15 is 0 Å². The van der Waals surface area contributed by atoms with E-state index in [0.717, 1.165) is 0 Å². The first-order chi connectivity index (χ1) is 6.89. The van der Waals surface area contributed by atoms with Crippen molar-refractivity contribution in [2.75, 3.05) is 12.3 Å². The van der Waals surface area contributed by atoms with Gasteiger partial charge in [-0.05, 0) is 6.42 Å². The average molecular weight is 236 g/mol. The Morgan fingerprint density at radius 3 is 2.73 bits per heavy atom. The molecule has 0 bridgehead atoms. The van der Waals surface area contributed by atoms with Gasteiger partial charge in [-0.3, -0.25) is 9.59 Å². The zero-order chi connectivity index (χ0) is 11.5. The number of carboxylic acid groups (broad SMARTS) is 1. The van der Waals surface area contributed by atoms with Crippen molar-refractivity contribution in [2.24, 2.45) is 0 Å². The largest absolute Gasteiger partial charge is 0.480 e. The topological polar surface area (TPSA) is 113 Å². The highest BCUT2D eigenvalue weighted by Gasteiger charge is 2.23. The Labute approximate surface area is 86.9 Å². The molecule has 1 fully saturated rings. The van der Waals surface area contributed by atoms with Crippen LogP contribution in [0.3, 0.4) is 0 Å². The molecule has 15 heavy (non-hydrogen) atoms. The molecule has 1 saturated heterocycles. The van der Waals surface area contributed by atoms with Crippen LogP contribution in [0.4, 0.5) is 0 Å². The zero-order valence-electron chi connectivity index (χ0n) is 7.89. The molecular weight excluding hydrogens is 224 g/mol. The van der Waals surface area contributed by atoms with Crippen LogP contribution in [0.2, 0.25) is 0 Å². The summed E-state index contributed by atoms with van der Waals surface area (Å²) in [6.45, 7) is 0.0430. The van der Waals surface area contributed by atoms with Gasteiger partial charge in [-0.25, -0.2) is 13.1 Å². The molecule has 86 valence electrons. The van der Waals surface area contributed by atoms with Gasteiger partial charge in [0.1, 0.15) is 0 Å². The molecule has 1 atom stereocenters. The minimum absolute atomic E-state index is 0.0430. The number of hydrogen-bond donors (Lipinski definition) is 3. The summed E-state index contributed by atoms with van der Waals surface area (Å²) >= 11 is 0. The number of aliphatic carboxylic acids is 1. The Bertz CT molecular complexity index is 364. The van der Waals surface area contributed by atoms with E-state index in [1.54, 1.807) is 0 Å². The Morgan fingerprint density at radius 1 is 1.60 bits per heavy atom. The first-order valence-corrected chi connectivity index (χ1v) is 6.03. The van der Waals surface area contributed by atoms with Crippen molar-refractivity contribution < 1.29 is 23.1 Å². The van der Waals surface area contributed by atoms with Crippen LogP contribution >= 0.6 is 0 Å². The highest BCUT2D eigenvalue weighted by Crippen LogP contribution is 2.05. The van der Waals surface area contributed by atoms with Gasteiger partial charge in [0.2, 0.25) is 15.9 Å². The van der Waals surface area contributed by atoms with E-state index < -0.39 is 21.7 Å². The van der Waals surface area contributed by atoms with E-state index in [2.05, 4.69) is 10.0 Å². The summed E-state index contributed by atoms with van der Waals surface area (Å²) in [7, 11) is -3.79. The molecule has 1 rings (SSSR count). The fourth-order valence-electron chi connectivity index (χ4n) is 1.27. The lowest BCUT2D eigenvalue weighted by Crippen LogP contribution is -2.40. The number of carbonyl (C=O) groups excluding carboxylic acids is 1. The summed E-state index contributed by atoms with van der Waals surface area (Å²) in [5.74, 6) is -2.47. The molecule has 1 heterocycles. The average Bonchev–Trinajstić information content (AvgIpc) is 2.46. The third-order valence-corrected chi connectivity index (χ3v) is 3.18. The van der Waals surface area contributed by atoms with Gasteiger partial charge in [0, 0.05) is 19.0 Å². The Kier molecular flexibility index (Phi) is 3.64. The van der Waals surface area contributed by atoms with Crippen molar-refractivity contribution in [3.8, 4) is 0 Å². The van der Waals surface area contributed by atoms with Crippen LogP contribution < -0.4 is 10.0 Å². The molecule has 0 aromatic heterocycles. The second kappa shape index (κ2) is 4.58. The Hall–Kier alpha value is -1.15. The van der Waals surface area contributed by atoms with Gasteiger partial charge < -0.3 is 10.4 Å². The number of carboxylic acids is 1. The Balaban J connectivity index is 2.36. The van der Waals surface area contributed by atoms with Gasteiger partial charge in [0.15, 0.2) is 5.75 Å². The van der Waals surface area contributed by atoms with E-state index in [0.29, 0.717) is 12.8 Å². The van der Waals surface area contributed by atoms with E-state index in [1.165, 1.54) is 0 Å². The summed E-state index contributed by atoms with van der Waals surface area (Å²) < 4.78 is 24.3. The van der Waals surface area contributed by atoms with Crippen molar-refractivity contribution >= 4 is 21.9 Å². The van der Waals surface area contributed by atoms with Gasteiger partial charge in [-0.1, -0.05) is 0 Å². The molecule has 0 aliphatic carbocycles. The maximum absolute atomic E-state index is 11.1. The highest BCUT2D eigenvalue weighted by atomic mass is 32.2. The van der Waals surface area contributed by atoms with Crippen LogP contribution in [0.5, 0.6) is 0 Å². The number of amides is 1. The fraction of sp³-hybridized carbons (Fsp3) is 0.714. The molecule has 3 N–H and O–H groups in total. The van der Waals surface area contributed by atoms with E-state index in [1.807, 2.05) is 0 Å². The molecule has 1 amide bonds. The smallest absolute Gasteiger partial charge is 0.320 e. The van der Waals surface area contributed by atoms with E-state index in [-0.39, 0.29) is 18.5 Å². The first kappa shape index (κ1) is 11.9. The van der Waals surface area contributed by atoms with Crippen LogP contribution in [0.15, 0.2) is 0 Å². The molecule has 0 aromatic rings. The summed E-state index contributed by atoms with van der Waals surface area (Å²) in [6.07, 6.45) is 0.944. The minimum atomic E-state index is -3.79. The SMILES string of the molecule is O=C(O)CS(=O)(=O)NCC1CCC(=O)N1. The van der Waals surface area contributed by atoms with Crippen LogP contribution in [0, 0.1) is 0 Å². The molecule has 1 unspecified atom stereocenters. The molecule has 7 nitrogen and oxygen atoms in total. The highest BCUT2D eigenvalue weighted by molar-refractivity contribution is 7.90. The third-order valence-electron chi connectivity index (χ3n) is 1.95. The van der Waals surface area contributed by atoms with Crippen LogP contribution in [-0.2, 0) is 19.6 Å². The second-order valence-electron chi connectivity index (χ2n) is 3.30. The predicted molar refractivity (Wildman–Crippen MR) is 50.6 cm³/mol. The molecule has 0 radical (unpaired) electrons. The lowest BCUT2D eigenvalue weighted by Gasteiger charge is -2.10. The van der Waals surface area contributed by atoms with Gasteiger partial charge in [0.25, 0.3) is 0 Å². The monoisotopic (exact) mass is 236 g/mol. The van der Waals surface area contributed by atoms with Crippen molar-refractivity contribution in [1.29, 1.82) is 0 Å². The zero-order valence-corrected chi connectivity index (χ0v) is 8.71. The van der Waals surface area contributed by atoms with Crippen LogP contribution in [-0.4, -0.2) is 43.7 Å². The first-order valence-electron chi connectivity index (χ1n) is 4.37. The van der Waals surface area contributed by atoms with E-state index in [9.17, 15) is 18.0 Å². The van der Waals surface area contributed by atoms with Gasteiger partial charge in [-0.15, -0.1) is 0 Å². The van der Waals surface area contributed by atoms with Crippen LogP contribution in [0.1, 0.15) is 12.8 Å². The van der Waals surface area contributed by atoms with Gasteiger partial charge in [0.05, 0.1) is 0 Å². The number of sulfonamides is 1. The summed E-state index contributed by atoms with van der Waals surface area (Å²) in [4.78, 5) is 20.9. The molecule has 0 spiro atoms. The number of rotatable bonds is 5. The maximum atomic E-state index is 11.1. The minimum Gasteiger partial charge on any atom is -0.480 e. The lowest BCUT2D eigenvalue weighted by atomic mass is 10.2. The maximum Gasteiger partial charge on any atom is 0.320 e. The summed E-state index contributed by atoms with van der Waals surface area (Å²) in [6, 6.07) is -0.235. The van der Waals surface area contributed by atoms with Crippen molar-refractivity contribution in [2.45, 2.75) is 18.9 Å². The second-order valence-corrected chi connectivity index (χ2v) is 5.11. The normalized spacial score (nSPS) is 21.3. The van der Waals surface area contributed by atoms with Crippen molar-refractivity contribution in [1.82, 2.24) is 10.0 Å². The number of hydrogen-bond acceptors (Lipinski definition) is 4.